The fourth-order valence-electron chi connectivity index (χ4n) is 2.39. The van der Waals surface area contributed by atoms with Gasteiger partial charge >= 0.3 is 0 Å². The molecule has 0 radical (unpaired) electrons. The van der Waals surface area contributed by atoms with Crippen molar-refractivity contribution in [2.24, 2.45) is 0 Å². The summed E-state index contributed by atoms with van der Waals surface area (Å²) in [4.78, 5) is 18.0. The molecule has 1 atom stereocenters. The van der Waals surface area contributed by atoms with E-state index in [0.29, 0.717) is 5.02 Å². The Morgan fingerprint density at radius 2 is 2.26 bits per heavy atom. The first-order valence-corrected chi connectivity index (χ1v) is 6.59. The molecule has 0 spiro atoms. The number of amides is 1. The summed E-state index contributed by atoms with van der Waals surface area (Å²) in [6, 6.07) is 7.29. The van der Waals surface area contributed by atoms with Gasteiger partial charge in [0.15, 0.2) is 0 Å². The fraction of sp³-hybridized carbons (Fsp3) is 0.286. The van der Waals surface area contributed by atoms with Crippen molar-refractivity contribution in [1.82, 2.24) is 9.88 Å². The molecule has 1 unspecified atom stereocenters. The van der Waals surface area contributed by atoms with Crippen LogP contribution in [0.4, 0.5) is 5.69 Å². The Morgan fingerprint density at radius 3 is 3.00 bits per heavy atom. The van der Waals surface area contributed by atoms with Gasteiger partial charge in [-0.3, -0.25) is 9.78 Å². The predicted octanol–water partition coefficient (Wildman–Crippen LogP) is 2.53. The van der Waals surface area contributed by atoms with Crippen LogP contribution in [0.5, 0.6) is 0 Å². The number of benzene rings is 1. The van der Waals surface area contributed by atoms with Crippen molar-refractivity contribution in [3.8, 4) is 0 Å². The van der Waals surface area contributed by atoms with Gasteiger partial charge in [0.1, 0.15) is 6.04 Å². The summed E-state index contributed by atoms with van der Waals surface area (Å²) in [5.74, 6) is 0.131. The summed E-state index contributed by atoms with van der Waals surface area (Å²) in [6.07, 6.45) is 2.56. The number of anilines is 1. The number of nitrogens with one attached hydrogen (secondary N) is 1. The second kappa shape index (κ2) is 4.70. The van der Waals surface area contributed by atoms with Crippen LogP contribution in [0.1, 0.15) is 6.42 Å². The Balaban J connectivity index is 1.97. The monoisotopic (exact) mass is 275 g/mol. The van der Waals surface area contributed by atoms with Crippen LogP contribution >= 0.6 is 11.6 Å². The van der Waals surface area contributed by atoms with Crippen molar-refractivity contribution < 1.29 is 4.79 Å². The Morgan fingerprint density at radius 1 is 1.42 bits per heavy atom. The van der Waals surface area contributed by atoms with Gasteiger partial charge in [-0.05, 0) is 30.7 Å². The molecule has 3 rings (SSSR count). The number of carbonyl (C=O) groups excluding carboxylic acids is 1. The Kier molecular flexibility index (Phi) is 3.03. The maximum absolute atomic E-state index is 11.9. The van der Waals surface area contributed by atoms with Gasteiger partial charge in [-0.1, -0.05) is 11.6 Å². The van der Waals surface area contributed by atoms with E-state index in [-0.39, 0.29) is 11.9 Å². The molecule has 1 aromatic carbocycles. The van der Waals surface area contributed by atoms with E-state index in [1.807, 2.05) is 31.3 Å². The predicted molar refractivity (Wildman–Crippen MR) is 76.4 cm³/mol. The molecule has 0 saturated carbocycles. The van der Waals surface area contributed by atoms with Crippen LogP contribution < -0.4 is 5.32 Å². The summed E-state index contributed by atoms with van der Waals surface area (Å²) in [5, 5.41) is 4.91. The van der Waals surface area contributed by atoms with E-state index in [2.05, 4.69) is 10.3 Å². The second-order valence-electron chi connectivity index (χ2n) is 4.77. The van der Waals surface area contributed by atoms with Crippen molar-refractivity contribution >= 4 is 34.1 Å². The lowest BCUT2D eigenvalue weighted by atomic mass is 10.1. The van der Waals surface area contributed by atoms with Crippen molar-refractivity contribution in [3.05, 3.63) is 35.5 Å². The number of likely N-dealkylation sites (N-methyl/N-ethyl adjacent to an activating group) is 1. The molecule has 5 heteroatoms. The zero-order chi connectivity index (χ0) is 13.4. The highest BCUT2D eigenvalue weighted by Crippen LogP contribution is 2.26. The molecule has 4 nitrogen and oxygen atoms in total. The van der Waals surface area contributed by atoms with Crippen LogP contribution in [0.3, 0.4) is 0 Å². The maximum Gasteiger partial charge on any atom is 0.244 e. The number of likely N-dealkylation sites (tertiary alicyclic amines) is 1. The standard InChI is InChI=1S/C14H14ClN3O/c1-18-7-5-13(14(18)19)17-12-4-6-16-11-3-2-9(15)8-10(11)12/h2-4,6,8,13H,5,7H2,1H3,(H,16,17). The molecule has 0 aliphatic carbocycles. The van der Waals surface area contributed by atoms with Gasteiger partial charge < -0.3 is 10.2 Å². The fourth-order valence-corrected chi connectivity index (χ4v) is 2.56. The zero-order valence-electron chi connectivity index (χ0n) is 10.6. The van der Waals surface area contributed by atoms with Crippen LogP contribution in [0, 0.1) is 0 Å². The van der Waals surface area contributed by atoms with E-state index >= 15 is 0 Å². The first-order chi connectivity index (χ1) is 9.15. The highest BCUT2D eigenvalue weighted by molar-refractivity contribution is 6.31. The van der Waals surface area contributed by atoms with Gasteiger partial charge in [-0.25, -0.2) is 0 Å². The largest absolute Gasteiger partial charge is 0.373 e. The average Bonchev–Trinajstić information content (AvgIpc) is 2.71. The molecule has 1 saturated heterocycles. The van der Waals surface area contributed by atoms with Crippen LogP contribution in [-0.4, -0.2) is 35.4 Å². The molecule has 19 heavy (non-hydrogen) atoms. The van der Waals surface area contributed by atoms with Crippen molar-refractivity contribution in [2.75, 3.05) is 18.9 Å². The SMILES string of the molecule is CN1CCC(Nc2ccnc3ccc(Cl)cc23)C1=O. The van der Waals surface area contributed by atoms with E-state index in [0.717, 1.165) is 29.6 Å². The first kappa shape index (κ1) is 12.2. The number of hydrogen-bond donors (Lipinski definition) is 1. The summed E-state index contributed by atoms with van der Waals surface area (Å²) in [6.45, 7) is 0.792. The second-order valence-corrected chi connectivity index (χ2v) is 5.20. The van der Waals surface area contributed by atoms with Gasteiger partial charge in [-0.2, -0.15) is 0 Å². The summed E-state index contributed by atoms with van der Waals surface area (Å²) in [7, 11) is 1.82. The molecule has 1 N–H and O–H groups in total. The number of halogens is 1. The molecule has 1 aliphatic rings. The van der Waals surface area contributed by atoms with E-state index in [4.69, 9.17) is 11.6 Å². The van der Waals surface area contributed by atoms with Crippen molar-refractivity contribution in [1.29, 1.82) is 0 Å². The third-order valence-corrected chi connectivity index (χ3v) is 3.70. The van der Waals surface area contributed by atoms with Gasteiger partial charge in [-0.15, -0.1) is 0 Å². The zero-order valence-corrected chi connectivity index (χ0v) is 11.3. The number of aromatic nitrogens is 1. The number of fused-ring (bicyclic) bond motifs is 1. The molecular formula is C14H14ClN3O. The van der Waals surface area contributed by atoms with Crippen molar-refractivity contribution in [3.63, 3.8) is 0 Å². The van der Waals surface area contributed by atoms with Gasteiger partial charge in [0.2, 0.25) is 5.91 Å². The van der Waals surface area contributed by atoms with Crippen LogP contribution in [0.2, 0.25) is 5.02 Å². The quantitative estimate of drug-likeness (QED) is 0.916. The first-order valence-electron chi connectivity index (χ1n) is 6.21. The molecule has 1 amide bonds. The summed E-state index contributed by atoms with van der Waals surface area (Å²) in [5.41, 5.74) is 1.77. The topological polar surface area (TPSA) is 45.2 Å². The van der Waals surface area contributed by atoms with E-state index in [1.165, 1.54) is 0 Å². The molecule has 1 aromatic heterocycles. The van der Waals surface area contributed by atoms with Gasteiger partial charge in [0.25, 0.3) is 0 Å². The van der Waals surface area contributed by atoms with E-state index < -0.39 is 0 Å². The number of pyridine rings is 1. The minimum absolute atomic E-state index is 0.131. The smallest absolute Gasteiger partial charge is 0.244 e. The van der Waals surface area contributed by atoms with Crippen molar-refractivity contribution in [2.45, 2.75) is 12.5 Å². The number of hydrogen-bond acceptors (Lipinski definition) is 3. The number of nitrogens with zero attached hydrogens (tertiary/aromatic N) is 2. The highest BCUT2D eigenvalue weighted by Gasteiger charge is 2.29. The van der Waals surface area contributed by atoms with E-state index in [9.17, 15) is 4.79 Å². The van der Waals surface area contributed by atoms with Gasteiger partial charge in [0, 0.05) is 35.9 Å². The Hall–Kier alpha value is -1.81. The molecule has 1 aliphatic heterocycles. The van der Waals surface area contributed by atoms with Gasteiger partial charge in [0.05, 0.1) is 5.52 Å². The third kappa shape index (κ3) is 2.24. The lowest BCUT2D eigenvalue weighted by Gasteiger charge is -2.15. The normalized spacial score (nSPS) is 19.2. The summed E-state index contributed by atoms with van der Waals surface area (Å²) >= 11 is 6.03. The molecule has 2 heterocycles. The average molecular weight is 276 g/mol. The minimum Gasteiger partial charge on any atom is -0.373 e. The molecule has 1 fully saturated rings. The molecule has 2 aromatic rings. The molecule has 0 bridgehead atoms. The highest BCUT2D eigenvalue weighted by atomic mass is 35.5. The number of carbonyl (C=O) groups is 1. The summed E-state index contributed by atoms with van der Waals surface area (Å²) < 4.78 is 0. The Bertz CT molecular complexity index is 644. The number of rotatable bonds is 2. The third-order valence-electron chi connectivity index (χ3n) is 3.46. The Labute approximate surface area is 116 Å². The minimum atomic E-state index is -0.158. The van der Waals surface area contributed by atoms with Crippen LogP contribution in [0.25, 0.3) is 10.9 Å². The molecular weight excluding hydrogens is 262 g/mol. The lowest BCUT2D eigenvalue weighted by molar-refractivity contribution is -0.127. The van der Waals surface area contributed by atoms with E-state index in [1.54, 1.807) is 11.1 Å². The van der Waals surface area contributed by atoms with Crippen LogP contribution in [-0.2, 0) is 4.79 Å². The van der Waals surface area contributed by atoms with Crippen LogP contribution in [0.15, 0.2) is 30.5 Å². The maximum atomic E-state index is 11.9. The molecule has 98 valence electrons. The lowest BCUT2D eigenvalue weighted by Crippen LogP contribution is -2.30.